The topological polar surface area (TPSA) is 17.8 Å². The molecule has 0 aromatic carbocycles. The predicted molar refractivity (Wildman–Crippen MR) is 64.0 cm³/mol. The van der Waals surface area contributed by atoms with Crippen LogP contribution in [0.3, 0.4) is 0 Å². The van der Waals surface area contributed by atoms with Gasteiger partial charge in [-0.1, -0.05) is 11.6 Å². The van der Waals surface area contributed by atoms with E-state index in [0.717, 1.165) is 9.08 Å². The summed E-state index contributed by atoms with van der Waals surface area (Å²) in [6, 6.07) is 5.54. The molecule has 5 heteroatoms. The lowest BCUT2D eigenvalue weighted by Crippen LogP contribution is -1.96. The Morgan fingerprint density at radius 3 is 2.64 bits per heavy atom. The van der Waals surface area contributed by atoms with Crippen LogP contribution in [0.2, 0.25) is 5.02 Å². The van der Waals surface area contributed by atoms with Crippen molar-refractivity contribution >= 4 is 43.5 Å². The molecule has 0 amide bonds. The van der Waals surface area contributed by atoms with Gasteiger partial charge in [0.25, 0.3) is 0 Å². The minimum absolute atomic E-state index is 0.622. The highest BCUT2D eigenvalue weighted by molar-refractivity contribution is 9.13. The van der Waals surface area contributed by atoms with E-state index in [1.807, 2.05) is 22.9 Å². The Hall–Kier alpha value is -0.320. The smallest absolute Gasteiger partial charge is 0.156 e. The minimum atomic E-state index is 0.622. The van der Waals surface area contributed by atoms with Gasteiger partial charge in [0.15, 0.2) is 5.82 Å². The Bertz CT molecular complexity index is 468. The molecule has 0 saturated carbocycles. The third-order valence-corrected chi connectivity index (χ3v) is 4.02. The van der Waals surface area contributed by atoms with Crippen molar-refractivity contribution in [2.45, 2.75) is 0 Å². The van der Waals surface area contributed by atoms with Crippen LogP contribution in [0.4, 0.5) is 0 Å². The summed E-state index contributed by atoms with van der Waals surface area (Å²) in [5.74, 6) is 0.715. The zero-order valence-corrected chi connectivity index (χ0v) is 10.8. The number of hydrogen-bond donors (Lipinski definition) is 0. The summed E-state index contributed by atoms with van der Waals surface area (Å²) in [6.45, 7) is 0. The van der Waals surface area contributed by atoms with Gasteiger partial charge in [-0.25, -0.2) is 4.98 Å². The molecule has 14 heavy (non-hydrogen) atoms. The van der Waals surface area contributed by atoms with Crippen molar-refractivity contribution in [2.24, 2.45) is 0 Å². The molecular weight excluding hydrogens is 331 g/mol. The maximum atomic E-state index is 6.02. The normalized spacial score (nSPS) is 10.5. The molecule has 0 aliphatic heterocycles. The Balaban J connectivity index is 2.60. The summed E-state index contributed by atoms with van der Waals surface area (Å²) in [6.07, 6.45) is 3.60. The van der Waals surface area contributed by atoms with Gasteiger partial charge in [-0.2, -0.15) is 0 Å². The van der Waals surface area contributed by atoms with Crippen LogP contribution < -0.4 is 0 Å². The molecule has 2 heterocycles. The van der Waals surface area contributed by atoms with Gasteiger partial charge in [-0.05, 0) is 50.1 Å². The molecule has 0 atom stereocenters. The first-order valence-electron chi connectivity index (χ1n) is 3.83. The van der Waals surface area contributed by atoms with Gasteiger partial charge in [0.2, 0.25) is 0 Å². The monoisotopic (exact) mass is 334 g/mol. The molecule has 0 spiro atoms. The molecule has 2 aromatic heterocycles. The van der Waals surface area contributed by atoms with Crippen LogP contribution in [0.1, 0.15) is 0 Å². The summed E-state index contributed by atoms with van der Waals surface area (Å²) < 4.78 is 3.74. The van der Waals surface area contributed by atoms with Crippen LogP contribution in [0.5, 0.6) is 0 Å². The SMILES string of the molecule is Clc1cccnc1-n1ccc(Br)c1Br. The van der Waals surface area contributed by atoms with E-state index in [9.17, 15) is 0 Å². The van der Waals surface area contributed by atoms with Gasteiger partial charge in [-0.3, -0.25) is 4.57 Å². The zero-order valence-electron chi connectivity index (χ0n) is 6.92. The van der Waals surface area contributed by atoms with Crippen molar-refractivity contribution < 1.29 is 0 Å². The molecule has 0 aliphatic carbocycles. The van der Waals surface area contributed by atoms with E-state index in [-0.39, 0.29) is 0 Å². The average molecular weight is 336 g/mol. The van der Waals surface area contributed by atoms with E-state index in [1.165, 1.54) is 0 Å². The summed E-state index contributed by atoms with van der Waals surface area (Å²) in [7, 11) is 0. The van der Waals surface area contributed by atoms with Crippen molar-refractivity contribution in [3.8, 4) is 5.82 Å². The third-order valence-electron chi connectivity index (χ3n) is 1.75. The molecule has 72 valence electrons. The van der Waals surface area contributed by atoms with E-state index in [2.05, 4.69) is 36.8 Å². The Morgan fingerprint density at radius 2 is 2.07 bits per heavy atom. The molecular formula is C9H5Br2ClN2. The molecule has 0 saturated heterocycles. The second-order valence-corrected chi connectivity index (χ2v) is 4.65. The van der Waals surface area contributed by atoms with Gasteiger partial charge >= 0.3 is 0 Å². The maximum absolute atomic E-state index is 6.02. The quantitative estimate of drug-likeness (QED) is 0.768. The van der Waals surface area contributed by atoms with E-state index in [4.69, 9.17) is 11.6 Å². The summed E-state index contributed by atoms with van der Waals surface area (Å²) in [5.41, 5.74) is 0. The van der Waals surface area contributed by atoms with Gasteiger partial charge in [-0.15, -0.1) is 0 Å². The predicted octanol–water partition coefficient (Wildman–Crippen LogP) is 4.05. The van der Waals surface area contributed by atoms with Gasteiger partial charge in [0, 0.05) is 12.4 Å². The van der Waals surface area contributed by atoms with E-state index in [0.29, 0.717) is 10.8 Å². The van der Waals surface area contributed by atoms with Crippen LogP contribution in [0, 0.1) is 0 Å². The molecule has 0 aliphatic rings. The zero-order chi connectivity index (χ0) is 10.1. The lowest BCUT2D eigenvalue weighted by molar-refractivity contribution is 0.982. The van der Waals surface area contributed by atoms with Crippen LogP contribution in [-0.4, -0.2) is 9.55 Å². The lowest BCUT2D eigenvalue weighted by atomic mass is 10.4. The fourth-order valence-corrected chi connectivity index (χ4v) is 2.05. The van der Waals surface area contributed by atoms with Crippen molar-refractivity contribution in [3.63, 3.8) is 0 Å². The molecule has 2 aromatic rings. The molecule has 0 N–H and O–H groups in total. The highest BCUT2D eigenvalue weighted by Gasteiger charge is 2.08. The maximum Gasteiger partial charge on any atom is 0.156 e. The van der Waals surface area contributed by atoms with Gasteiger partial charge < -0.3 is 0 Å². The Labute approximate surface area is 103 Å². The fraction of sp³-hybridized carbons (Fsp3) is 0. The molecule has 0 unspecified atom stereocenters. The van der Waals surface area contributed by atoms with Crippen molar-refractivity contribution in [1.29, 1.82) is 0 Å². The van der Waals surface area contributed by atoms with E-state index in [1.54, 1.807) is 12.3 Å². The van der Waals surface area contributed by atoms with Gasteiger partial charge in [0.05, 0.1) is 9.50 Å². The second-order valence-electron chi connectivity index (χ2n) is 2.63. The number of halogens is 3. The van der Waals surface area contributed by atoms with Gasteiger partial charge in [0.1, 0.15) is 4.60 Å². The number of rotatable bonds is 1. The summed E-state index contributed by atoms with van der Waals surface area (Å²) in [4.78, 5) is 4.20. The standard InChI is InChI=1S/C9H5Br2ClN2/c10-6-3-5-14(8(6)11)9-7(12)2-1-4-13-9/h1-5H. The van der Waals surface area contributed by atoms with Crippen molar-refractivity contribution in [3.05, 3.63) is 44.7 Å². The Kier molecular flexibility index (Phi) is 2.95. The summed E-state index contributed by atoms with van der Waals surface area (Å²) >= 11 is 12.9. The second kappa shape index (κ2) is 4.04. The highest BCUT2D eigenvalue weighted by atomic mass is 79.9. The molecule has 0 radical (unpaired) electrons. The summed E-state index contributed by atoms with van der Waals surface area (Å²) in [5, 5.41) is 0.622. The van der Waals surface area contributed by atoms with Crippen molar-refractivity contribution in [2.75, 3.05) is 0 Å². The first-order valence-corrected chi connectivity index (χ1v) is 5.80. The van der Waals surface area contributed by atoms with Crippen LogP contribution >= 0.6 is 43.5 Å². The number of nitrogens with zero attached hydrogens (tertiary/aromatic N) is 2. The average Bonchev–Trinajstić information content (AvgIpc) is 2.49. The lowest BCUT2D eigenvalue weighted by Gasteiger charge is -2.05. The number of pyridine rings is 1. The largest absolute Gasteiger partial charge is 0.293 e. The molecule has 2 rings (SSSR count). The van der Waals surface area contributed by atoms with Crippen LogP contribution in [-0.2, 0) is 0 Å². The number of aromatic nitrogens is 2. The van der Waals surface area contributed by atoms with Crippen LogP contribution in [0.25, 0.3) is 5.82 Å². The minimum Gasteiger partial charge on any atom is -0.293 e. The molecule has 0 bridgehead atoms. The first kappa shape index (κ1) is 10.2. The number of hydrogen-bond acceptors (Lipinski definition) is 1. The van der Waals surface area contributed by atoms with E-state index >= 15 is 0 Å². The fourth-order valence-electron chi connectivity index (χ4n) is 1.11. The van der Waals surface area contributed by atoms with Crippen LogP contribution in [0.15, 0.2) is 39.7 Å². The first-order chi connectivity index (χ1) is 6.70. The Morgan fingerprint density at radius 1 is 1.29 bits per heavy atom. The molecule has 2 nitrogen and oxygen atoms in total. The third kappa shape index (κ3) is 1.74. The van der Waals surface area contributed by atoms with Crippen molar-refractivity contribution in [1.82, 2.24) is 9.55 Å². The molecule has 0 fully saturated rings. The van der Waals surface area contributed by atoms with E-state index < -0.39 is 0 Å². The highest BCUT2D eigenvalue weighted by Crippen LogP contribution is 2.28.